The third-order valence-electron chi connectivity index (χ3n) is 2.95. The van der Waals surface area contributed by atoms with Gasteiger partial charge in [0.25, 0.3) is 0 Å². The molecule has 4 nitrogen and oxygen atoms in total. The molecule has 0 aliphatic carbocycles. The SMILES string of the molecule is CC(O)c1cc2c(s1)CCN(C(=O)OC(C)(C)C)C2. The summed E-state index contributed by atoms with van der Waals surface area (Å²) in [5.41, 5.74) is 0.676. The first kappa shape index (κ1) is 14.3. The molecular formula is C14H21NO3S. The lowest BCUT2D eigenvalue weighted by molar-refractivity contribution is 0.0225. The van der Waals surface area contributed by atoms with Crippen LogP contribution in [0.15, 0.2) is 6.07 Å². The summed E-state index contributed by atoms with van der Waals surface area (Å²) in [5.74, 6) is 0. The van der Waals surface area contributed by atoms with Crippen molar-refractivity contribution in [1.29, 1.82) is 0 Å². The van der Waals surface area contributed by atoms with Gasteiger partial charge < -0.3 is 14.7 Å². The Morgan fingerprint density at radius 1 is 1.53 bits per heavy atom. The number of hydrogen-bond donors (Lipinski definition) is 1. The van der Waals surface area contributed by atoms with Crippen LogP contribution in [0.2, 0.25) is 0 Å². The number of thiophene rings is 1. The Hall–Kier alpha value is -1.07. The highest BCUT2D eigenvalue weighted by atomic mass is 32.1. The first-order valence-electron chi connectivity index (χ1n) is 6.54. The van der Waals surface area contributed by atoms with Gasteiger partial charge in [-0.25, -0.2) is 4.79 Å². The van der Waals surface area contributed by atoms with Crippen molar-refractivity contribution < 1.29 is 14.6 Å². The highest BCUT2D eigenvalue weighted by molar-refractivity contribution is 7.12. The smallest absolute Gasteiger partial charge is 0.410 e. The van der Waals surface area contributed by atoms with Crippen LogP contribution in [0.3, 0.4) is 0 Å². The van der Waals surface area contributed by atoms with E-state index in [1.165, 1.54) is 4.88 Å². The summed E-state index contributed by atoms with van der Waals surface area (Å²) in [6.45, 7) is 8.64. The van der Waals surface area contributed by atoms with Gasteiger partial charge in [0.15, 0.2) is 0 Å². The predicted octanol–water partition coefficient (Wildman–Crippen LogP) is 3.09. The summed E-state index contributed by atoms with van der Waals surface area (Å²) >= 11 is 1.64. The first-order valence-corrected chi connectivity index (χ1v) is 7.35. The van der Waals surface area contributed by atoms with Crippen LogP contribution in [0.5, 0.6) is 0 Å². The van der Waals surface area contributed by atoms with E-state index in [1.807, 2.05) is 26.8 Å². The fraction of sp³-hybridized carbons (Fsp3) is 0.643. The summed E-state index contributed by atoms with van der Waals surface area (Å²) in [7, 11) is 0. The third kappa shape index (κ3) is 3.48. The Kier molecular flexibility index (Phi) is 3.87. The molecular weight excluding hydrogens is 262 g/mol. The molecule has 5 heteroatoms. The molecule has 1 unspecified atom stereocenters. The van der Waals surface area contributed by atoms with Crippen molar-refractivity contribution in [1.82, 2.24) is 4.90 Å². The number of carbonyl (C=O) groups excluding carboxylic acids is 1. The Morgan fingerprint density at radius 2 is 2.21 bits per heavy atom. The summed E-state index contributed by atoms with van der Waals surface area (Å²) < 4.78 is 5.39. The zero-order valence-electron chi connectivity index (χ0n) is 11.9. The van der Waals surface area contributed by atoms with Crippen LogP contribution in [0, 0.1) is 0 Å². The molecule has 2 heterocycles. The van der Waals surface area contributed by atoms with Crippen LogP contribution in [-0.2, 0) is 17.7 Å². The van der Waals surface area contributed by atoms with Crippen LogP contribution in [0.1, 0.15) is 49.1 Å². The van der Waals surface area contributed by atoms with E-state index in [4.69, 9.17) is 4.74 Å². The van der Waals surface area contributed by atoms with Crippen molar-refractivity contribution >= 4 is 17.4 Å². The molecule has 1 aromatic rings. The standard InChI is InChI=1S/C14H21NO3S/c1-9(16)12-7-10-8-15(6-5-11(10)19-12)13(17)18-14(2,3)4/h7,9,16H,5-6,8H2,1-4H3. The van der Waals surface area contributed by atoms with Gasteiger partial charge in [-0.3, -0.25) is 0 Å². The minimum absolute atomic E-state index is 0.261. The van der Waals surface area contributed by atoms with Crippen LogP contribution < -0.4 is 0 Å². The molecule has 0 fully saturated rings. The maximum absolute atomic E-state index is 12.0. The van der Waals surface area contributed by atoms with Gasteiger partial charge in [0.1, 0.15) is 5.60 Å². The Bertz CT molecular complexity index is 474. The van der Waals surface area contributed by atoms with Crippen LogP contribution >= 0.6 is 11.3 Å². The highest BCUT2D eigenvalue weighted by Crippen LogP contribution is 2.31. The van der Waals surface area contributed by atoms with Crippen molar-refractivity contribution in [3.05, 3.63) is 21.4 Å². The Labute approximate surface area is 118 Å². The number of aliphatic hydroxyl groups is 1. The van der Waals surface area contributed by atoms with Crippen molar-refractivity contribution in [3.8, 4) is 0 Å². The number of ether oxygens (including phenoxy) is 1. The van der Waals surface area contributed by atoms with E-state index in [0.29, 0.717) is 13.1 Å². The maximum Gasteiger partial charge on any atom is 0.410 e. The molecule has 106 valence electrons. The van der Waals surface area contributed by atoms with E-state index in [1.54, 1.807) is 23.2 Å². The molecule has 0 saturated carbocycles. The molecule has 1 atom stereocenters. The van der Waals surface area contributed by atoms with Gasteiger partial charge >= 0.3 is 6.09 Å². The number of nitrogens with zero attached hydrogens (tertiary/aromatic N) is 1. The topological polar surface area (TPSA) is 49.8 Å². The van der Waals surface area contributed by atoms with Crippen LogP contribution in [0.25, 0.3) is 0 Å². The minimum Gasteiger partial charge on any atom is -0.444 e. The summed E-state index contributed by atoms with van der Waals surface area (Å²) in [6, 6.07) is 2.00. The molecule has 1 amide bonds. The summed E-state index contributed by atoms with van der Waals surface area (Å²) in [6.07, 6.45) is 0.139. The largest absolute Gasteiger partial charge is 0.444 e. The molecule has 1 aromatic heterocycles. The third-order valence-corrected chi connectivity index (χ3v) is 4.36. The van der Waals surface area contributed by atoms with E-state index in [-0.39, 0.29) is 6.09 Å². The lowest BCUT2D eigenvalue weighted by Crippen LogP contribution is -2.39. The van der Waals surface area contributed by atoms with Gasteiger partial charge in [0.05, 0.1) is 12.6 Å². The second-order valence-electron chi connectivity index (χ2n) is 5.93. The second-order valence-corrected chi connectivity index (χ2v) is 7.09. The number of amides is 1. The van der Waals surface area contributed by atoms with Gasteiger partial charge in [-0.2, -0.15) is 0 Å². The average Bonchev–Trinajstić information content (AvgIpc) is 2.69. The monoisotopic (exact) mass is 283 g/mol. The molecule has 1 aliphatic heterocycles. The molecule has 0 radical (unpaired) electrons. The minimum atomic E-state index is -0.462. The number of aliphatic hydroxyl groups excluding tert-OH is 1. The lowest BCUT2D eigenvalue weighted by Gasteiger charge is -2.29. The molecule has 0 bridgehead atoms. The number of rotatable bonds is 1. The molecule has 1 N–H and O–H groups in total. The molecule has 0 aromatic carbocycles. The predicted molar refractivity (Wildman–Crippen MR) is 75.3 cm³/mol. The van der Waals surface area contributed by atoms with Crippen LogP contribution in [-0.4, -0.2) is 28.2 Å². The van der Waals surface area contributed by atoms with Crippen LogP contribution in [0.4, 0.5) is 4.79 Å². The fourth-order valence-corrected chi connectivity index (χ4v) is 3.15. The zero-order chi connectivity index (χ0) is 14.2. The van der Waals surface area contributed by atoms with E-state index in [0.717, 1.165) is 16.9 Å². The number of hydrogen-bond acceptors (Lipinski definition) is 4. The normalized spacial score (nSPS) is 17.0. The van der Waals surface area contributed by atoms with Crippen molar-refractivity contribution in [2.75, 3.05) is 6.54 Å². The fourth-order valence-electron chi connectivity index (χ4n) is 2.04. The molecule has 1 aliphatic rings. The van der Waals surface area contributed by atoms with Gasteiger partial charge in [-0.1, -0.05) is 0 Å². The average molecular weight is 283 g/mol. The lowest BCUT2D eigenvalue weighted by atomic mass is 10.1. The molecule has 19 heavy (non-hydrogen) atoms. The Morgan fingerprint density at radius 3 is 2.79 bits per heavy atom. The van der Waals surface area contributed by atoms with E-state index in [9.17, 15) is 9.90 Å². The van der Waals surface area contributed by atoms with Gasteiger partial charge in [0, 0.05) is 16.3 Å². The molecule has 0 saturated heterocycles. The van der Waals surface area contributed by atoms with Crippen molar-refractivity contribution in [3.63, 3.8) is 0 Å². The van der Waals surface area contributed by atoms with Gasteiger partial charge in [0.2, 0.25) is 0 Å². The van der Waals surface area contributed by atoms with Crippen molar-refractivity contribution in [2.45, 2.75) is 52.4 Å². The van der Waals surface area contributed by atoms with E-state index in [2.05, 4.69) is 0 Å². The van der Waals surface area contributed by atoms with Gasteiger partial charge in [-0.05, 0) is 45.7 Å². The summed E-state index contributed by atoms with van der Waals surface area (Å²) in [5, 5.41) is 9.61. The quantitative estimate of drug-likeness (QED) is 0.861. The molecule has 0 spiro atoms. The van der Waals surface area contributed by atoms with E-state index < -0.39 is 11.7 Å². The summed E-state index contributed by atoms with van der Waals surface area (Å²) in [4.78, 5) is 16.0. The zero-order valence-corrected chi connectivity index (χ0v) is 12.7. The number of fused-ring (bicyclic) bond motifs is 1. The van der Waals surface area contributed by atoms with Gasteiger partial charge in [-0.15, -0.1) is 11.3 Å². The van der Waals surface area contributed by atoms with E-state index >= 15 is 0 Å². The Balaban J connectivity index is 2.07. The first-order chi connectivity index (χ1) is 8.76. The highest BCUT2D eigenvalue weighted by Gasteiger charge is 2.27. The van der Waals surface area contributed by atoms with Crippen molar-refractivity contribution in [2.24, 2.45) is 0 Å². The maximum atomic E-state index is 12.0. The second kappa shape index (κ2) is 5.13. The molecule has 2 rings (SSSR count). The number of carbonyl (C=O) groups is 1.